The zero-order chi connectivity index (χ0) is 15.6. The summed E-state index contributed by atoms with van der Waals surface area (Å²) in [5.74, 6) is -1.06. The summed E-state index contributed by atoms with van der Waals surface area (Å²) < 4.78 is 3.40. The van der Waals surface area contributed by atoms with Crippen LogP contribution in [0.2, 0.25) is 5.02 Å². The van der Waals surface area contributed by atoms with Crippen molar-refractivity contribution in [3.05, 3.63) is 28.3 Å². The van der Waals surface area contributed by atoms with Crippen molar-refractivity contribution in [1.29, 1.82) is 0 Å². The lowest BCUT2D eigenvalue weighted by Crippen LogP contribution is -2.32. The first-order valence-electron chi connectivity index (χ1n) is 6.51. The number of carbonyl (C=O) groups is 1. The molecule has 1 unspecified atom stereocenters. The highest BCUT2D eigenvalue weighted by molar-refractivity contribution is 6.31. The highest BCUT2D eigenvalue weighted by Gasteiger charge is 2.16. The monoisotopic (exact) mass is 312 g/mol. The van der Waals surface area contributed by atoms with Gasteiger partial charge >= 0.3 is 5.97 Å². The molecule has 0 aliphatic rings. The molecule has 0 radical (unpaired) electrons. The van der Waals surface area contributed by atoms with Gasteiger partial charge in [0.15, 0.2) is 0 Å². The zero-order valence-electron chi connectivity index (χ0n) is 11.8. The van der Waals surface area contributed by atoms with Gasteiger partial charge in [-0.1, -0.05) is 16.8 Å². The number of hydrogen-bond acceptors (Lipinski definition) is 5. The molecule has 2 rings (SSSR count). The summed E-state index contributed by atoms with van der Waals surface area (Å²) in [4.78, 5) is 10.7. The van der Waals surface area contributed by atoms with Crippen molar-refractivity contribution < 1.29 is 9.90 Å². The smallest absolute Gasteiger partial charge is 0.320 e. The van der Waals surface area contributed by atoms with E-state index in [-0.39, 0.29) is 6.42 Å². The molecule has 3 N–H and O–H groups in total. The molecule has 8 nitrogen and oxygen atoms in total. The maximum absolute atomic E-state index is 10.7. The van der Waals surface area contributed by atoms with E-state index in [0.717, 1.165) is 11.4 Å². The second-order valence-corrected chi connectivity index (χ2v) is 5.10. The van der Waals surface area contributed by atoms with Crippen molar-refractivity contribution in [2.24, 2.45) is 5.73 Å². The molecule has 9 heteroatoms. The molecule has 0 spiro atoms. The van der Waals surface area contributed by atoms with Gasteiger partial charge in [0.1, 0.15) is 6.04 Å². The molecule has 0 saturated heterocycles. The van der Waals surface area contributed by atoms with Gasteiger partial charge < -0.3 is 10.8 Å². The molecule has 2 heterocycles. The van der Waals surface area contributed by atoms with E-state index in [4.69, 9.17) is 22.4 Å². The number of halogens is 1. The van der Waals surface area contributed by atoms with Gasteiger partial charge in [-0.3, -0.25) is 9.48 Å². The molecule has 0 aliphatic heterocycles. The Morgan fingerprint density at radius 2 is 2.29 bits per heavy atom. The minimum atomic E-state index is -1.06. The normalized spacial score (nSPS) is 12.6. The molecule has 2 aromatic heterocycles. The molecule has 0 amide bonds. The first-order chi connectivity index (χ1) is 9.92. The zero-order valence-corrected chi connectivity index (χ0v) is 12.6. The summed E-state index contributed by atoms with van der Waals surface area (Å²) >= 11 is 6.23. The molecular weight excluding hydrogens is 296 g/mol. The van der Waals surface area contributed by atoms with Gasteiger partial charge in [-0.25, -0.2) is 4.68 Å². The fourth-order valence-corrected chi connectivity index (χ4v) is 2.19. The van der Waals surface area contributed by atoms with Crippen molar-refractivity contribution in [2.75, 3.05) is 0 Å². The van der Waals surface area contributed by atoms with Crippen LogP contribution in [-0.4, -0.2) is 41.9 Å². The maximum Gasteiger partial charge on any atom is 0.320 e. The Morgan fingerprint density at radius 1 is 1.57 bits per heavy atom. The molecule has 21 heavy (non-hydrogen) atoms. The Labute approximate surface area is 126 Å². The summed E-state index contributed by atoms with van der Waals surface area (Å²) in [7, 11) is 0. The number of rotatable bonds is 6. The third-order valence-electron chi connectivity index (χ3n) is 3.10. The van der Waals surface area contributed by atoms with Gasteiger partial charge in [-0.05, 0) is 13.8 Å². The highest BCUT2D eigenvalue weighted by Crippen LogP contribution is 2.21. The number of aryl methyl sites for hydroxylation is 2. The van der Waals surface area contributed by atoms with Crippen LogP contribution >= 0.6 is 11.6 Å². The van der Waals surface area contributed by atoms with Crippen LogP contribution in [0.5, 0.6) is 0 Å². The Balaban J connectivity index is 2.14. The summed E-state index contributed by atoms with van der Waals surface area (Å²) in [6.07, 6.45) is 1.80. The van der Waals surface area contributed by atoms with Gasteiger partial charge in [0.05, 0.1) is 28.6 Å². The number of carboxylic acid groups (broad SMARTS) is 1. The minimum Gasteiger partial charge on any atom is -0.480 e. The van der Waals surface area contributed by atoms with E-state index in [2.05, 4.69) is 15.4 Å². The van der Waals surface area contributed by atoms with Crippen molar-refractivity contribution >= 4 is 17.6 Å². The molecule has 2 aromatic rings. The third kappa shape index (κ3) is 3.40. The lowest BCUT2D eigenvalue weighted by atomic mass is 10.2. The van der Waals surface area contributed by atoms with Gasteiger partial charge in [0, 0.05) is 19.2 Å². The predicted octanol–water partition coefficient (Wildman–Crippen LogP) is 0.459. The second-order valence-electron chi connectivity index (χ2n) is 4.72. The largest absolute Gasteiger partial charge is 0.480 e. The summed E-state index contributed by atoms with van der Waals surface area (Å²) in [5.41, 5.74) is 7.61. The Kier molecular flexibility index (Phi) is 4.59. The SMILES string of the molecule is CCn1nc(C)c(Cl)c1Cn1cc(CC(N)C(=O)O)nn1. The van der Waals surface area contributed by atoms with Crippen LogP contribution in [0.3, 0.4) is 0 Å². The Bertz CT molecular complexity index is 650. The Hall–Kier alpha value is -1.93. The van der Waals surface area contributed by atoms with Crippen LogP contribution in [0, 0.1) is 6.92 Å². The number of aliphatic carboxylic acids is 1. The standard InChI is InChI=1S/C12H17ClN6O2/c1-3-19-10(11(13)7(2)16-19)6-18-5-8(15-17-18)4-9(14)12(20)21/h5,9H,3-4,6,14H2,1-2H3,(H,20,21). The number of nitrogens with two attached hydrogens (primary N) is 1. The van der Waals surface area contributed by atoms with Crippen molar-refractivity contribution in [2.45, 2.75) is 39.4 Å². The van der Waals surface area contributed by atoms with E-state index in [0.29, 0.717) is 23.8 Å². The molecule has 0 saturated carbocycles. The van der Waals surface area contributed by atoms with E-state index >= 15 is 0 Å². The fourth-order valence-electron chi connectivity index (χ4n) is 2.00. The van der Waals surface area contributed by atoms with Crippen molar-refractivity contribution in [3.8, 4) is 0 Å². The van der Waals surface area contributed by atoms with E-state index in [9.17, 15) is 4.79 Å². The first-order valence-corrected chi connectivity index (χ1v) is 6.89. The molecule has 0 aromatic carbocycles. The summed E-state index contributed by atoms with van der Waals surface area (Å²) in [6.45, 7) is 4.94. The van der Waals surface area contributed by atoms with Crippen LogP contribution in [0.4, 0.5) is 0 Å². The van der Waals surface area contributed by atoms with Crippen molar-refractivity contribution in [3.63, 3.8) is 0 Å². The highest BCUT2D eigenvalue weighted by atomic mass is 35.5. The van der Waals surface area contributed by atoms with E-state index < -0.39 is 12.0 Å². The van der Waals surface area contributed by atoms with Gasteiger partial charge in [-0.15, -0.1) is 5.10 Å². The van der Waals surface area contributed by atoms with Crippen LogP contribution in [0.1, 0.15) is 24.0 Å². The number of hydrogen-bond donors (Lipinski definition) is 2. The maximum atomic E-state index is 10.7. The molecule has 0 fully saturated rings. The topological polar surface area (TPSA) is 112 Å². The van der Waals surface area contributed by atoms with Crippen LogP contribution < -0.4 is 5.73 Å². The average Bonchev–Trinajstić information content (AvgIpc) is 2.98. The number of carboxylic acids is 1. The quantitative estimate of drug-likeness (QED) is 0.801. The lowest BCUT2D eigenvalue weighted by molar-refractivity contribution is -0.138. The van der Waals surface area contributed by atoms with Crippen LogP contribution in [-0.2, 0) is 24.3 Å². The lowest BCUT2D eigenvalue weighted by Gasteiger charge is -2.05. The molecule has 1 atom stereocenters. The summed E-state index contributed by atoms with van der Waals surface area (Å²) in [5, 5.41) is 21.6. The van der Waals surface area contributed by atoms with Gasteiger partial charge in [0.25, 0.3) is 0 Å². The summed E-state index contributed by atoms with van der Waals surface area (Å²) in [6, 6.07) is -0.984. The molecular formula is C12H17ClN6O2. The van der Waals surface area contributed by atoms with Gasteiger partial charge in [0.2, 0.25) is 0 Å². The number of nitrogens with zero attached hydrogens (tertiary/aromatic N) is 5. The van der Waals surface area contributed by atoms with E-state index in [1.54, 1.807) is 10.9 Å². The number of aromatic nitrogens is 5. The first kappa shape index (κ1) is 15.5. The van der Waals surface area contributed by atoms with E-state index in [1.807, 2.05) is 18.5 Å². The van der Waals surface area contributed by atoms with Gasteiger partial charge in [-0.2, -0.15) is 5.10 Å². The van der Waals surface area contributed by atoms with Crippen LogP contribution in [0.15, 0.2) is 6.20 Å². The minimum absolute atomic E-state index is 0.134. The second kappa shape index (κ2) is 6.23. The third-order valence-corrected chi connectivity index (χ3v) is 3.59. The fraction of sp³-hybridized carbons (Fsp3) is 0.500. The molecule has 0 bridgehead atoms. The van der Waals surface area contributed by atoms with Crippen LogP contribution in [0.25, 0.3) is 0 Å². The van der Waals surface area contributed by atoms with Crippen molar-refractivity contribution in [1.82, 2.24) is 24.8 Å². The van der Waals surface area contributed by atoms with E-state index in [1.165, 1.54) is 0 Å². The average molecular weight is 313 g/mol. The Morgan fingerprint density at radius 3 is 2.90 bits per heavy atom. The molecule has 0 aliphatic carbocycles. The molecule has 114 valence electrons. The predicted molar refractivity (Wildman–Crippen MR) is 76.1 cm³/mol.